The molecule has 3 rings (SSSR count). The van der Waals surface area contributed by atoms with Crippen LogP contribution in [-0.2, 0) is 38.6 Å². The lowest BCUT2D eigenvalue weighted by Crippen LogP contribution is -2.67. The highest BCUT2D eigenvalue weighted by Crippen LogP contribution is 2.39. The summed E-state index contributed by atoms with van der Waals surface area (Å²) < 4.78 is 70.8. The van der Waals surface area contributed by atoms with Gasteiger partial charge in [0.2, 0.25) is 11.6 Å². The Morgan fingerprint density at radius 2 is 1.00 bits per heavy atom. The number of nitrogens with one attached hydrogen (secondary N) is 2. The van der Waals surface area contributed by atoms with Gasteiger partial charge in [0.15, 0.2) is 19.7 Å². The van der Waals surface area contributed by atoms with Crippen molar-refractivity contribution in [1.29, 1.82) is 0 Å². The molecule has 0 aromatic heterocycles. The highest BCUT2D eigenvalue weighted by molar-refractivity contribution is 7.91. The van der Waals surface area contributed by atoms with E-state index in [1.807, 2.05) is 0 Å². The third-order valence-electron chi connectivity index (χ3n) is 6.35. The molecule has 12 heteroatoms. The molecule has 1 saturated heterocycles. The molecule has 0 bridgehead atoms. The van der Waals surface area contributed by atoms with Crippen molar-refractivity contribution in [3.63, 3.8) is 0 Å². The summed E-state index contributed by atoms with van der Waals surface area (Å²) in [5, 5.41) is 6.52. The van der Waals surface area contributed by atoms with E-state index in [1.165, 1.54) is 38.5 Å². The van der Waals surface area contributed by atoms with Crippen LogP contribution in [0, 0.1) is 0 Å². The third kappa shape index (κ3) is 6.36. The normalized spacial score (nSPS) is 26.9. The van der Waals surface area contributed by atoms with E-state index in [0.717, 1.165) is 12.5 Å². The van der Waals surface area contributed by atoms with Crippen molar-refractivity contribution in [1.82, 2.24) is 0 Å². The molecule has 0 spiro atoms. The molecule has 1 aliphatic rings. The average Bonchev–Trinajstić information content (AvgIpc) is 2.83. The van der Waals surface area contributed by atoms with Crippen LogP contribution in [-0.4, -0.2) is 80.4 Å². The van der Waals surface area contributed by atoms with Gasteiger partial charge in [-0.15, -0.1) is 0 Å². The Bertz CT molecular complexity index is 1150. The SMILES string of the molecule is CO[C@@]1(C)O[C@H](CNc2ccc(S(C)(=O)=O)cc2)[C@@H](CNc2ccc(S(C)(=O)=O)cc2)O[C@@]1(C)OC. The second-order valence-corrected chi connectivity index (χ2v) is 13.0. The molecule has 0 aliphatic carbocycles. The molecule has 10 nitrogen and oxygen atoms in total. The summed E-state index contributed by atoms with van der Waals surface area (Å²) in [6.45, 7) is 4.13. The lowest BCUT2D eigenvalue weighted by molar-refractivity contribution is -0.444. The molecule has 1 aliphatic heterocycles. The summed E-state index contributed by atoms with van der Waals surface area (Å²) in [7, 11) is -3.55. The third-order valence-corrected chi connectivity index (χ3v) is 8.61. The number of methoxy groups -OCH3 is 2. The van der Waals surface area contributed by atoms with Crippen molar-refractivity contribution in [2.75, 3.05) is 50.5 Å². The van der Waals surface area contributed by atoms with Crippen LogP contribution in [0.4, 0.5) is 11.4 Å². The van der Waals surface area contributed by atoms with Gasteiger partial charge in [0.1, 0.15) is 12.2 Å². The Kier molecular flexibility index (Phi) is 8.38. The van der Waals surface area contributed by atoms with E-state index < -0.39 is 43.5 Å². The number of sulfone groups is 2. The van der Waals surface area contributed by atoms with Crippen LogP contribution in [0.15, 0.2) is 58.3 Å². The minimum atomic E-state index is -3.29. The molecule has 4 atom stereocenters. The van der Waals surface area contributed by atoms with E-state index in [0.29, 0.717) is 24.5 Å². The highest BCUT2D eigenvalue weighted by atomic mass is 32.2. The average molecular weight is 543 g/mol. The number of hydrogen-bond acceptors (Lipinski definition) is 10. The van der Waals surface area contributed by atoms with Crippen molar-refractivity contribution >= 4 is 31.0 Å². The first-order valence-corrected chi connectivity index (χ1v) is 15.0. The standard InChI is InChI=1S/C24H34N2O8S2/c1-23(31-3)24(2,32-4)34-22(16-26-18-9-13-20(14-10-18)36(6,29)30)21(33-23)15-25-17-7-11-19(12-8-17)35(5,27)28/h7-14,21-22,25-26H,15-16H2,1-6H3/t21-,22-,23-,24+/m1/s1. The fourth-order valence-corrected chi connectivity index (χ4v) is 5.09. The summed E-state index contributed by atoms with van der Waals surface area (Å²) in [6, 6.07) is 12.9. The van der Waals surface area contributed by atoms with E-state index in [2.05, 4.69) is 10.6 Å². The van der Waals surface area contributed by atoms with Gasteiger partial charge in [-0.25, -0.2) is 16.8 Å². The van der Waals surface area contributed by atoms with Crippen LogP contribution < -0.4 is 10.6 Å². The molecule has 2 aromatic rings. The maximum absolute atomic E-state index is 11.7. The number of anilines is 2. The van der Waals surface area contributed by atoms with Crippen LogP contribution in [0.25, 0.3) is 0 Å². The fourth-order valence-electron chi connectivity index (χ4n) is 3.83. The maximum Gasteiger partial charge on any atom is 0.220 e. The Labute approximate surface area is 213 Å². The second-order valence-electron chi connectivity index (χ2n) is 8.97. The Morgan fingerprint density at radius 3 is 1.25 bits per heavy atom. The van der Waals surface area contributed by atoms with E-state index in [4.69, 9.17) is 18.9 Å². The van der Waals surface area contributed by atoms with E-state index in [-0.39, 0.29) is 9.79 Å². The monoisotopic (exact) mass is 542 g/mol. The van der Waals surface area contributed by atoms with Crippen molar-refractivity contribution in [2.45, 2.75) is 47.4 Å². The Balaban J connectivity index is 1.77. The molecule has 2 N–H and O–H groups in total. The van der Waals surface area contributed by atoms with Crippen LogP contribution in [0.5, 0.6) is 0 Å². The number of ether oxygens (including phenoxy) is 4. The molecule has 1 heterocycles. The summed E-state index contributed by atoms with van der Waals surface area (Å²) in [5.41, 5.74) is 1.43. The first-order valence-electron chi connectivity index (χ1n) is 11.2. The largest absolute Gasteiger partial charge is 0.382 e. The zero-order valence-electron chi connectivity index (χ0n) is 21.3. The van der Waals surface area contributed by atoms with Crippen molar-refractivity contribution < 1.29 is 35.8 Å². The molecule has 0 saturated carbocycles. The fraction of sp³-hybridized carbons (Fsp3) is 0.500. The molecule has 0 radical (unpaired) electrons. The summed E-state index contributed by atoms with van der Waals surface area (Å²) >= 11 is 0. The van der Waals surface area contributed by atoms with Crippen molar-refractivity contribution in [2.24, 2.45) is 0 Å². The van der Waals surface area contributed by atoms with Crippen LogP contribution in [0.2, 0.25) is 0 Å². The van der Waals surface area contributed by atoms with E-state index in [1.54, 1.807) is 38.1 Å². The molecule has 0 amide bonds. The Morgan fingerprint density at radius 1 is 0.694 bits per heavy atom. The minimum Gasteiger partial charge on any atom is -0.382 e. The lowest BCUT2D eigenvalue weighted by atomic mass is 10.0. The zero-order chi connectivity index (χ0) is 26.8. The lowest BCUT2D eigenvalue weighted by Gasteiger charge is -2.52. The number of hydrogen-bond donors (Lipinski definition) is 2. The smallest absolute Gasteiger partial charge is 0.220 e. The van der Waals surface area contributed by atoms with Gasteiger partial charge in [-0.1, -0.05) is 0 Å². The molecule has 0 unspecified atom stereocenters. The van der Waals surface area contributed by atoms with Gasteiger partial charge in [0.05, 0.1) is 9.79 Å². The van der Waals surface area contributed by atoms with Crippen LogP contribution >= 0.6 is 0 Å². The first-order chi connectivity index (χ1) is 16.7. The molecule has 2 aromatic carbocycles. The van der Waals surface area contributed by atoms with Crippen LogP contribution in [0.1, 0.15) is 13.8 Å². The molecule has 200 valence electrons. The van der Waals surface area contributed by atoms with Gasteiger partial charge in [0, 0.05) is 51.2 Å². The second kappa shape index (κ2) is 10.6. The van der Waals surface area contributed by atoms with Crippen LogP contribution in [0.3, 0.4) is 0 Å². The molecular weight excluding hydrogens is 508 g/mol. The van der Waals surface area contributed by atoms with E-state index in [9.17, 15) is 16.8 Å². The van der Waals surface area contributed by atoms with E-state index >= 15 is 0 Å². The molecule has 36 heavy (non-hydrogen) atoms. The predicted molar refractivity (Wildman–Crippen MR) is 137 cm³/mol. The van der Waals surface area contributed by atoms with Gasteiger partial charge in [0.25, 0.3) is 0 Å². The summed E-state index contributed by atoms with van der Waals surface area (Å²) in [5.74, 6) is -2.41. The van der Waals surface area contributed by atoms with Gasteiger partial charge in [-0.05, 0) is 62.4 Å². The topological polar surface area (TPSA) is 129 Å². The quantitative estimate of drug-likeness (QED) is 0.462. The Hall–Kier alpha value is -2.22. The van der Waals surface area contributed by atoms with Gasteiger partial charge in [-0.2, -0.15) is 0 Å². The molecular formula is C24H34N2O8S2. The highest BCUT2D eigenvalue weighted by Gasteiger charge is 2.56. The van der Waals surface area contributed by atoms with Crippen molar-refractivity contribution in [3.8, 4) is 0 Å². The number of benzene rings is 2. The number of rotatable bonds is 10. The molecule has 1 fully saturated rings. The maximum atomic E-state index is 11.7. The summed E-state index contributed by atoms with van der Waals surface area (Å²) in [4.78, 5) is 0.467. The first kappa shape index (κ1) is 28.4. The zero-order valence-corrected chi connectivity index (χ0v) is 22.9. The van der Waals surface area contributed by atoms with Crippen molar-refractivity contribution in [3.05, 3.63) is 48.5 Å². The van der Waals surface area contributed by atoms with Gasteiger partial charge in [-0.3, -0.25) is 0 Å². The summed E-state index contributed by atoms with van der Waals surface area (Å²) in [6.07, 6.45) is 1.34. The minimum absolute atomic E-state index is 0.233. The predicted octanol–water partition coefficient (Wildman–Crippen LogP) is 2.53. The van der Waals surface area contributed by atoms with Gasteiger partial charge >= 0.3 is 0 Å². The van der Waals surface area contributed by atoms with Gasteiger partial charge < -0.3 is 29.6 Å².